The fraction of sp³-hybridized carbons (Fsp3) is 0.647. The Balaban J connectivity index is 0.00000529. The van der Waals surface area contributed by atoms with E-state index in [1.165, 1.54) is 0 Å². The Bertz CT molecular complexity index is 497. The van der Waals surface area contributed by atoms with Crippen molar-refractivity contribution in [3.8, 4) is 12.3 Å². The van der Waals surface area contributed by atoms with Gasteiger partial charge in [0.05, 0.1) is 24.9 Å². The van der Waals surface area contributed by atoms with Gasteiger partial charge in [-0.15, -0.1) is 18.8 Å². The van der Waals surface area contributed by atoms with Crippen LogP contribution in [0.3, 0.4) is 0 Å². The van der Waals surface area contributed by atoms with E-state index in [1.807, 2.05) is 19.8 Å². The molecule has 6 nitrogen and oxygen atoms in total. The van der Waals surface area contributed by atoms with Crippen molar-refractivity contribution in [2.75, 3.05) is 6.61 Å². The highest BCUT2D eigenvalue weighted by Gasteiger charge is 2.36. The number of esters is 1. The average molecular weight is 359 g/mol. The molecule has 3 N–H and O–H groups in total. The molecule has 0 aromatic carbocycles. The molecule has 0 heterocycles. The van der Waals surface area contributed by atoms with E-state index in [2.05, 4.69) is 5.32 Å². The summed E-state index contributed by atoms with van der Waals surface area (Å²) >= 11 is 0. The number of hydrogen-bond donors (Lipinski definition) is 2. The Kier molecular flexibility index (Phi) is 10.4. The molecule has 7 heteroatoms. The highest BCUT2D eigenvalue weighted by Crippen LogP contribution is 2.24. The van der Waals surface area contributed by atoms with Crippen molar-refractivity contribution in [3.05, 3.63) is 11.6 Å². The van der Waals surface area contributed by atoms with Crippen LogP contribution in [-0.4, -0.2) is 42.8 Å². The third-order valence-electron chi connectivity index (χ3n) is 3.86. The van der Waals surface area contributed by atoms with Gasteiger partial charge in [0.25, 0.3) is 5.91 Å². The molecule has 0 bridgehead atoms. The molecule has 0 aromatic heterocycles. The standard InChI is InChI=1S/C17H26N2O4.ClH/c1-5-12(6-2)23-14-10-11(17(21)22-8-4)9-13(18)16(14)19-15(20)7-3;/h3,10,12-14,16H,5-6,8-9,18H2,1-2,4H3,(H,19,20);1H/t13-,14+,16+;/m0./s1. The molecule has 136 valence electrons. The second-order valence-electron chi connectivity index (χ2n) is 5.46. The van der Waals surface area contributed by atoms with E-state index >= 15 is 0 Å². The van der Waals surface area contributed by atoms with Crippen LogP contribution in [0.1, 0.15) is 40.0 Å². The number of nitrogens with two attached hydrogens (primary N) is 1. The molecule has 1 amide bonds. The van der Waals surface area contributed by atoms with Gasteiger partial charge in [-0.3, -0.25) is 4.79 Å². The summed E-state index contributed by atoms with van der Waals surface area (Å²) < 4.78 is 11.1. The number of rotatable bonds is 7. The van der Waals surface area contributed by atoms with Gasteiger partial charge in [0.15, 0.2) is 0 Å². The van der Waals surface area contributed by atoms with Gasteiger partial charge in [0, 0.05) is 11.6 Å². The summed E-state index contributed by atoms with van der Waals surface area (Å²) in [4.78, 5) is 23.5. The molecule has 1 rings (SSSR count). The van der Waals surface area contributed by atoms with Crippen LogP contribution < -0.4 is 11.1 Å². The zero-order chi connectivity index (χ0) is 17.4. The van der Waals surface area contributed by atoms with Crippen molar-refractivity contribution >= 4 is 24.3 Å². The maximum atomic E-state index is 12.0. The van der Waals surface area contributed by atoms with Crippen molar-refractivity contribution in [2.24, 2.45) is 5.73 Å². The molecule has 0 unspecified atom stereocenters. The average Bonchev–Trinajstić information content (AvgIpc) is 2.54. The summed E-state index contributed by atoms with van der Waals surface area (Å²) in [6, 6.07) is -0.951. The summed E-state index contributed by atoms with van der Waals surface area (Å²) in [5.41, 5.74) is 6.62. The molecule has 0 saturated heterocycles. The van der Waals surface area contributed by atoms with Crippen molar-refractivity contribution in [2.45, 2.75) is 64.3 Å². The molecule has 3 atom stereocenters. The highest BCUT2D eigenvalue weighted by molar-refractivity contribution is 5.93. The number of terminal acetylenes is 1. The maximum absolute atomic E-state index is 12.0. The smallest absolute Gasteiger partial charge is 0.333 e. The predicted molar refractivity (Wildman–Crippen MR) is 94.6 cm³/mol. The lowest BCUT2D eigenvalue weighted by Crippen LogP contribution is -2.57. The van der Waals surface area contributed by atoms with Crippen molar-refractivity contribution in [1.82, 2.24) is 5.32 Å². The van der Waals surface area contributed by atoms with Crippen molar-refractivity contribution < 1.29 is 19.1 Å². The Hall–Kier alpha value is -1.55. The molecule has 0 saturated carbocycles. The van der Waals surface area contributed by atoms with Crippen molar-refractivity contribution in [3.63, 3.8) is 0 Å². The third kappa shape index (κ3) is 6.16. The molecule has 0 radical (unpaired) electrons. The van der Waals surface area contributed by atoms with Gasteiger partial charge in [0.1, 0.15) is 0 Å². The molecular formula is C17H27ClN2O4. The number of carbonyl (C=O) groups excluding carboxylic acids is 2. The van der Waals surface area contributed by atoms with Gasteiger partial charge < -0.3 is 20.5 Å². The molecule has 24 heavy (non-hydrogen) atoms. The minimum absolute atomic E-state index is 0. The Morgan fingerprint density at radius 1 is 1.42 bits per heavy atom. The van der Waals surface area contributed by atoms with Crippen LogP contribution in [0, 0.1) is 12.3 Å². The quantitative estimate of drug-likeness (QED) is 0.529. The number of carbonyl (C=O) groups is 2. The van der Waals surface area contributed by atoms with Crippen LogP contribution >= 0.6 is 12.4 Å². The van der Waals surface area contributed by atoms with E-state index in [0.29, 0.717) is 18.6 Å². The van der Waals surface area contributed by atoms with Gasteiger partial charge in [-0.25, -0.2) is 4.79 Å². The second kappa shape index (κ2) is 11.1. The lowest BCUT2D eigenvalue weighted by Gasteiger charge is -2.36. The normalized spacial score (nSPS) is 22.8. The van der Waals surface area contributed by atoms with Crippen molar-refractivity contribution in [1.29, 1.82) is 0 Å². The van der Waals surface area contributed by atoms with Gasteiger partial charge in [0.2, 0.25) is 0 Å². The topological polar surface area (TPSA) is 90.7 Å². The van der Waals surface area contributed by atoms with Crippen LogP contribution in [-0.2, 0) is 19.1 Å². The van der Waals surface area contributed by atoms with E-state index in [9.17, 15) is 9.59 Å². The van der Waals surface area contributed by atoms with Gasteiger partial charge in [-0.2, -0.15) is 0 Å². The van der Waals surface area contributed by atoms with E-state index in [0.717, 1.165) is 12.8 Å². The first-order valence-corrected chi connectivity index (χ1v) is 8.02. The first-order chi connectivity index (χ1) is 11.0. The van der Waals surface area contributed by atoms with Crippen LogP contribution in [0.2, 0.25) is 0 Å². The fourth-order valence-electron chi connectivity index (χ4n) is 2.58. The van der Waals surface area contributed by atoms with Gasteiger partial charge in [-0.05, 0) is 38.2 Å². The summed E-state index contributed by atoms with van der Waals surface area (Å²) in [5, 5.41) is 2.69. The predicted octanol–water partition coefficient (Wildman–Crippen LogP) is 1.32. The molecule has 0 spiro atoms. The number of ether oxygens (including phenoxy) is 2. The van der Waals surface area contributed by atoms with Gasteiger partial charge >= 0.3 is 5.97 Å². The SMILES string of the molecule is C#CC(=O)N[C@@H]1[C@@H](N)CC(C(=O)OCC)=C[C@H]1OC(CC)CC.Cl. The fourth-order valence-corrected chi connectivity index (χ4v) is 2.58. The highest BCUT2D eigenvalue weighted by atomic mass is 35.5. The molecule has 1 aliphatic rings. The monoisotopic (exact) mass is 358 g/mol. The Morgan fingerprint density at radius 3 is 2.54 bits per heavy atom. The zero-order valence-corrected chi connectivity index (χ0v) is 15.2. The van der Waals surface area contributed by atoms with Gasteiger partial charge in [-0.1, -0.05) is 13.8 Å². The van der Waals surface area contributed by atoms with E-state index < -0.39 is 30.1 Å². The molecule has 0 aliphatic heterocycles. The summed E-state index contributed by atoms with van der Waals surface area (Å²) in [6.07, 6.45) is 8.25. The number of amides is 1. The van der Waals surface area contributed by atoms with E-state index in [-0.39, 0.29) is 18.5 Å². The Labute approximate surface area is 149 Å². The molecule has 0 aromatic rings. The number of nitrogens with one attached hydrogen (secondary N) is 1. The maximum Gasteiger partial charge on any atom is 0.333 e. The Morgan fingerprint density at radius 2 is 2.04 bits per heavy atom. The van der Waals surface area contributed by atoms with E-state index in [4.69, 9.17) is 21.6 Å². The van der Waals surface area contributed by atoms with E-state index in [1.54, 1.807) is 13.0 Å². The minimum Gasteiger partial charge on any atom is -0.463 e. The second-order valence-corrected chi connectivity index (χ2v) is 5.46. The summed E-state index contributed by atoms with van der Waals surface area (Å²) in [7, 11) is 0. The lowest BCUT2D eigenvalue weighted by atomic mass is 9.88. The first kappa shape index (κ1) is 22.4. The van der Waals surface area contributed by atoms with Crippen LogP contribution in [0.15, 0.2) is 11.6 Å². The number of halogens is 1. The van der Waals surface area contributed by atoms with Crippen LogP contribution in [0.4, 0.5) is 0 Å². The minimum atomic E-state index is -0.545. The first-order valence-electron chi connectivity index (χ1n) is 8.02. The molecular weight excluding hydrogens is 332 g/mol. The largest absolute Gasteiger partial charge is 0.463 e. The lowest BCUT2D eigenvalue weighted by molar-refractivity contribution is -0.139. The molecule has 0 fully saturated rings. The van der Waals surface area contributed by atoms with Crippen LogP contribution in [0.5, 0.6) is 0 Å². The number of hydrogen-bond acceptors (Lipinski definition) is 5. The third-order valence-corrected chi connectivity index (χ3v) is 3.86. The van der Waals surface area contributed by atoms with Crippen LogP contribution in [0.25, 0.3) is 0 Å². The molecule has 1 aliphatic carbocycles. The summed E-state index contributed by atoms with van der Waals surface area (Å²) in [5.74, 6) is 1.07. The zero-order valence-electron chi connectivity index (χ0n) is 14.4. The summed E-state index contributed by atoms with van der Waals surface area (Å²) in [6.45, 7) is 6.07.